The first-order chi connectivity index (χ1) is 9.22. The molecule has 1 atom stereocenters. The van der Waals surface area contributed by atoms with Gasteiger partial charge < -0.3 is 15.6 Å². The zero-order chi connectivity index (χ0) is 15.4. The van der Waals surface area contributed by atoms with E-state index in [1.807, 2.05) is 6.92 Å². The minimum atomic E-state index is -3.76. The lowest BCUT2D eigenvalue weighted by molar-refractivity contribution is 0.0554. The van der Waals surface area contributed by atoms with Crippen molar-refractivity contribution >= 4 is 15.7 Å². The fraction of sp³-hybridized carbons (Fsp3) is 0.538. The van der Waals surface area contributed by atoms with Gasteiger partial charge in [-0.05, 0) is 25.5 Å². The summed E-state index contributed by atoms with van der Waals surface area (Å²) in [5.41, 5.74) is 4.93. The minimum Gasteiger partial charge on any atom is -0.495 e. The third kappa shape index (κ3) is 4.36. The molecule has 1 unspecified atom stereocenters. The molecule has 6 nitrogen and oxygen atoms in total. The van der Waals surface area contributed by atoms with Crippen molar-refractivity contribution in [1.82, 2.24) is 4.72 Å². The molecule has 114 valence electrons. The van der Waals surface area contributed by atoms with E-state index in [2.05, 4.69) is 4.72 Å². The summed E-state index contributed by atoms with van der Waals surface area (Å²) in [5.74, 6) is 0.174. The molecule has 0 bridgehead atoms. The zero-order valence-corrected chi connectivity index (χ0v) is 12.8. The topological polar surface area (TPSA) is 102 Å². The number of rotatable bonds is 7. The number of methoxy groups -OCH3 is 1. The summed E-state index contributed by atoms with van der Waals surface area (Å²) in [5, 5.41) is 10.0. The number of nitrogens with two attached hydrogens (primary N) is 1. The van der Waals surface area contributed by atoms with Crippen molar-refractivity contribution < 1.29 is 18.3 Å². The molecule has 0 radical (unpaired) electrons. The van der Waals surface area contributed by atoms with Crippen LogP contribution in [0.4, 0.5) is 5.69 Å². The summed E-state index contributed by atoms with van der Waals surface area (Å²) in [7, 11) is -2.39. The highest BCUT2D eigenvalue weighted by Crippen LogP contribution is 2.26. The summed E-state index contributed by atoms with van der Waals surface area (Å²) in [6.07, 6.45) is 1.27. The first kappa shape index (κ1) is 16.7. The van der Waals surface area contributed by atoms with E-state index < -0.39 is 15.6 Å². The molecule has 0 saturated heterocycles. The lowest BCUT2D eigenvalue weighted by Gasteiger charge is -2.23. The van der Waals surface area contributed by atoms with Gasteiger partial charge in [-0.1, -0.05) is 13.3 Å². The third-order valence-corrected chi connectivity index (χ3v) is 4.35. The van der Waals surface area contributed by atoms with Crippen LogP contribution in [0.2, 0.25) is 0 Å². The van der Waals surface area contributed by atoms with Gasteiger partial charge in [-0.15, -0.1) is 0 Å². The number of nitrogens with one attached hydrogen (secondary N) is 1. The Morgan fingerprint density at radius 3 is 2.65 bits per heavy atom. The smallest absolute Gasteiger partial charge is 0.244 e. The van der Waals surface area contributed by atoms with E-state index >= 15 is 0 Å². The maximum Gasteiger partial charge on any atom is 0.244 e. The monoisotopic (exact) mass is 302 g/mol. The van der Waals surface area contributed by atoms with Crippen LogP contribution in [0.25, 0.3) is 0 Å². The summed E-state index contributed by atoms with van der Waals surface area (Å²) < 4.78 is 31.9. The second-order valence-electron chi connectivity index (χ2n) is 4.98. The molecule has 7 heteroatoms. The highest BCUT2D eigenvalue weighted by Gasteiger charge is 2.25. The van der Waals surface area contributed by atoms with E-state index in [9.17, 15) is 13.5 Å². The molecule has 0 aliphatic carbocycles. The van der Waals surface area contributed by atoms with Gasteiger partial charge in [0.15, 0.2) is 0 Å². The fourth-order valence-electron chi connectivity index (χ4n) is 1.86. The Morgan fingerprint density at radius 1 is 1.45 bits per heavy atom. The van der Waals surface area contributed by atoms with Crippen LogP contribution in [0.1, 0.15) is 26.7 Å². The highest BCUT2D eigenvalue weighted by molar-refractivity contribution is 7.89. The second-order valence-corrected chi connectivity index (χ2v) is 6.72. The first-order valence-corrected chi connectivity index (χ1v) is 7.86. The summed E-state index contributed by atoms with van der Waals surface area (Å²) in [6.45, 7) is 3.46. The Balaban J connectivity index is 2.95. The molecular weight excluding hydrogens is 280 g/mol. The van der Waals surface area contributed by atoms with E-state index in [4.69, 9.17) is 10.5 Å². The number of aliphatic hydroxyl groups is 1. The zero-order valence-electron chi connectivity index (χ0n) is 12.0. The number of anilines is 1. The van der Waals surface area contributed by atoms with Crippen LogP contribution < -0.4 is 15.2 Å². The van der Waals surface area contributed by atoms with Gasteiger partial charge in [-0.25, -0.2) is 13.1 Å². The average Bonchev–Trinajstić information content (AvgIpc) is 2.36. The van der Waals surface area contributed by atoms with Crippen molar-refractivity contribution in [3.63, 3.8) is 0 Å². The number of nitrogen functional groups attached to an aromatic ring is 1. The van der Waals surface area contributed by atoms with Crippen molar-refractivity contribution in [3.05, 3.63) is 18.2 Å². The maximum atomic E-state index is 12.2. The van der Waals surface area contributed by atoms with E-state index in [0.29, 0.717) is 12.1 Å². The summed E-state index contributed by atoms with van der Waals surface area (Å²) in [4.78, 5) is 0.00139. The number of ether oxygens (including phenoxy) is 1. The molecule has 0 amide bonds. The van der Waals surface area contributed by atoms with Gasteiger partial charge in [0.05, 0.1) is 12.7 Å². The van der Waals surface area contributed by atoms with Crippen LogP contribution in [-0.2, 0) is 10.0 Å². The Hall–Kier alpha value is -1.31. The number of hydrogen-bond donors (Lipinski definition) is 3. The van der Waals surface area contributed by atoms with Crippen molar-refractivity contribution in [2.75, 3.05) is 19.4 Å². The van der Waals surface area contributed by atoms with Gasteiger partial charge in [0.25, 0.3) is 0 Å². The molecular formula is C13H22N2O4S. The highest BCUT2D eigenvalue weighted by atomic mass is 32.2. The molecule has 0 aromatic heterocycles. The van der Waals surface area contributed by atoms with Crippen LogP contribution in [0.3, 0.4) is 0 Å². The van der Waals surface area contributed by atoms with E-state index in [1.165, 1.54) is 25.3 Å². The molecule has 0 fully saturated rings. The number of hydrogen-bond acceptors (Lipinski definition) is 5. The summed E-state index contributed by atoms with van der Waals surface area (Å²) >= 11 is 0. The molecule has 0 saturated carbocycles. The van der Waals surface area contributed by atoms with E-state index in [0.717, 1.165) is 6.42 Å². The number of sulfonamides is 1. The standard InChI is InChI=1S/C13H22N2O4S/c1-4-7-13(2,16)9-15-20(17,18)12-6-5-10(14)8-11(12)19-3/h5-6,8,15-16H,4,7,9,14H2,1-3H3. The molecule has 4 N–H and O–H groups in total. The van der Waals surface area contributed by atoms with Gasteiger partial charge in [0, 0.05) is 18.3 Å². The van der Waals surface area contributed by atoms with Crippen molar-refractivity contribution in [2.24, 2.45) is 0 Å². The van der Waals surface area contributed by atoms with Crippen molar-refractivity contribution in [2.45, 2.75) is 37.2 Å². The summed E-state index contributed by atoms with van der Waals surface area (Å²) in [6, 6.07) is 4.31. The largest absolute Gasteiger partial charge is 0.495 e. The van der Waals surface area contributed by atoms with Gasteiger partial charge in [-0.2, -0.15) is 0 Å². The Kier molecular flexibility index (Phi) is 5.38. The van der Waals surface area contributed by atoms with Gasteiger partial charge >= 0.3 is 0 Å². The second kappa shape index (κ2) is 6.43. The molecule has 0 heterocycles. The molecule has 20 heavy (non-hydrogen) atoms. The van der Waals surface area contributed by atoms with Gasteiger partial charge in [0.2, 0.25) is 10.0 Å². The van der Waals surface area contributed by atoms with Crippen molar-refractivity contribution in [1.29, 1.82) is 0 Å². The molecule has 0 aliphatic rings. The van der Waals surface area contributed by atoms with Crippen LogP contribution >= 0.6 is 0 Å². The Labute approximate surface area is 120 Å². The van der Waals surface area contributed by atoms with E-state index in [-0.39, 0.29) is 17.2 Å². The molecule has 0 aliphatic heterocycles. The minimum absolute atomic E-state index is 0.00139. The lowest BCUT2D eigenvalue weighted by atomic mass is 10.0. The molecule has 1 aromatic carbocycles. The first-order valence-electron chi connectivity index (χ1n) is 6.37. The van der Waals surface area contributed by atoms with Gasteiger partial charge in [0.1, 0.15) is 10.6 Å². The number of benzene rings is 1. The predicted octanol–water partition coefficient (Wildman–Crippen LogP) is 1.11. The third-order valence-electron chi connectivity index (χ3n) is 2.91. The van der Waals surface area contributed by atoms with E-state index in [1.54, 1.807) is 6.92 Å². The average molecular weight is 302 g/mol. The molecule has 1 rings (SSSR count). The quantitative estimate of drug-likeness (QED) is 0.655. The fourth-order valence-corrected chi connectivity index (χ4v) is 3.17. The maximum absolute atomic E-state index is 12.2. The Bertz CT molecular complexity index is 555. The molecule has 1 aromatic rings. The SMILES string of the molecule is CCCC(C)(O)CNS(=O)(=O)c1ccc(N)cc1OC. The van der Waals surface area contributed by atoms with Gasteiger partial charge in [-0.3, -0.25) is 0 Å². The normalized spacial score (nSPS) is 14.8. The van der Waals surface area contributed by atoms with Crippen molar-refractivity contribution in [3.8, 4) is 5.75 Å². The molecule has 0 spiro atoms. The Morgan fingerprint density at radius 2 is 2.10 bits per heavy atom. The predicted molar refractivity (Wildman–Crippen MR) is 78.1 cm³/mol. The van der Waals surface area contributed by atoms with Crippen LogP contribution in [0, 0.1) is 0 Å². The van der Waals surface area contributed by atoms with Crippen LogP contribution in [-0.4, -0.2) is 32.8 Å². The van der Waals surface area contributed by atoms with Crippen LogP contribution in [0.5, 0.6) is 5.75 Å². The van der Waals surface area contributed by atoms with Crippen LogP contribution in [0.15, 0.2) is 23.1 Å². The lowest BCUT2D eigenvalue weighted by Crippen LogP contribution is -2.40.